The minimum absolute atomic E-state index is 0.261. The Balaban J connectivity index is 1.75. The average molecular weight is 301 g/mol. The molecule has 1 unspecified atom stereocenters. The van der Waals surface area contributed by atoms with E-state index >= 15 is 0 Å². The molecule has 2 fully saturated rings. The molecule has 0 amide bonds. The Hall–Kier alpha value is -0.835. The van der Waals surface area contributed by atoms with Gasteiger partial charge in [0.1, 0.15) is 0 Å². The zero-order valence-corrected chi connectivity index (χ0v) is 14.6. The molecule has 0 radical (unpaired) electrons. The molecule has 2 saturated heterocycles. The topological polar surface area (TPSA) is 21.7 Å². The molecule has 2 heterocycles. The van der Waals surface area contributed by atoms with Crippen LogP contribution in [0.3, 0.4) is 0 Å². The number of piperidine rings is 1. The van der Waals surface area contributed by atoms with Gasteiger partial charge in [0.15, 0.2) is 0 Å². The summed E-state index contributed by atoms with van der Waals surface area (Å²) in [5.41, 5.74) is 1.96. The second kappa shape index (κ2) is 5.66. The van der Waals surface area contributed by atoms with Crippen molar-refractivity contribution in [2.45, 2.75) is 64.2 Å². The average Bonchev–Trinajstić information content (AvgIpc) is 2.68. The Bertz CT molecular complexity index is 510. The van der Waals surface area contributed by atoms with E-state index in [9.17, 15) is 0 Å². The van der Waals surface area contributed by atoms with E-state index in [-0.39, 0.29) is 18.3 Å². The van der Waals surface area contributed by atoms with Gasteiger partial charge in [-0.15, -0.1) is 0 Å². The maximum atomic E-state index is 6.12. The number of nitrogens with zero attached hydrogens (tertiary/aromatic N) is 1. The number of likely N-dealkylation sites (tertiary alicyclic amines) is 1. The SMILES string of the molecule is CN1CCCCC1c1ccc(B2OC(C)(C)C(C)(C)O2)cc1. The number of benzene rings is 1. The summed E-state index contributed by atoms with van der Waals surface area (Å²) >= 11 is 0. The standard InChI is InChI=1S/C18H28BNO2/c1-17(2)18(3,4)22-19(21-17)15-11-9-14(10-12-15)16-8-6-7-13-20(16)5/h9-12,16H,6-8,13H2,1-5H3. The molecule has 2 aliphatic heterocycles. The van der Waals surface area contributed by atoms with Gasteiger partial charge in [-0.25, -0.2) is 0 Å². The molecule has 0 bridgehead atoms. The third-order valence-electron chi connectivity index (χ3n) is 5.62. The highest BCUT2D eigenvalue weighted by atomic mass is 16.7. The molecule has 1 atom stereocenters. The minimum Gasteiger partial charge on any atom is -0.399 e. The zero-order chi connectivity index (χ0) is 16.0. The summed E-state index contributed by atoms with van der Waals surface area (Å²) in [6.45, 7) is 9.58. The highest BCUT2D eigenvalue weighted by Gasteiger charge is 2.51. The summed E-state index contributed by atoms with van der Waals surface area (Å²) in [5, 5.41) is 0. The van der Waals surface area contributed by atoms with E-state index in [0.717, 1.165) is 5.46 Å². The second-order valence-electron chi connectivity index (χ2n) is 7.75. The molecule has 4 heteroatoms. The van der Waals surface area contributed by atoms with E-state index in [4.69, 9.17) is 9.31 Å². The van der Waals surface area contributed by atoms with Gasteiger partial charge >= 0.3 is 7.12 Å². The van der Waals surface area contributed by atoms with Crippen LogP contribution in [0.5, 0.6) is 0 Å². The summed E-state index contributed by atoms with van der Waals surface area (Å²) in [5.74, 6) is 0. The number of hydrogen-bond acceptors (Lipinski definition) is 3. The lowest BCUT2D eigenvalue weighted by Gasteiger charge is -2.32. The van der Waals surface area contributed by atoms with Gasteiger partial charge in [0, 0.05) is 6.04 Å². The van der Waals surface area contributed by atoms with Crippen LogP contribution < -0.4 is 5.46 Å². The summed E-state index contributed by atoms with van der Waals surface area (Å²) in [4.78, 5) is 2.47. The largest absolute Gasteiger partial charge is 0.494 e. The van der Waals surface area contributed by atoms with Crippen molar-refractivity contribution in [2.24, 2.45) is 0 Å². The van der Waals surface area contributed by atoms with Crippen LogP contribution in [0.2, 0.25) is 0 Å². The maximum Gasteiger partial charge on any atom is 0.494 e. The van der Waals surface area contributed by atoms with Crippen LogP contribution in [0.25, 0.3) is 0 Å². The Morgan fingerprint density at radius 3 is 2.14 bits per heavy atom. The van der Waals surface area contributed by atoms with E-state index in [1.807, 2.05) is 0 Å². The molecule has 2 aliphatic rings. The fourth-order valence-corrected chi connectivity index (χ4v) is 3.35. The van der Waals surface area contributed by atoms with Crippen LogP contribution in [0.4, 0.5) is 0 Å². The second-order valence-corrected chi connectivity index (χ2v) is 7.75. The first kappa shape index (κ1) is 16.0. The van der Waals surface area contributed by atoms with Gasteiger partial charge in [0.2, 0.25) is 0 Å². The van der Waals surface area contributed by atoms with Crippen molar-refractivity contribution >= 4 is 12.6 Å². The first-order valence-corrected chi connectivity index (χ1v) is 8.46. The quantitative estimate of drug-likeness (QED) is 0.783. The third-order valence-corrected chi connectivity index (χ3v) is 5.62. The zero-order valence-electron chi connectivity index (χ0n) is 14.6. The number of hydrogen-bond donors (Lipinski definition) is 0. The van der Waals surface area contributed by atoms with E-state index in [1.54, 1.807) is 0 Å². The monoisotopic (exact) mass is 301 g/mol. The van der Waals surface area contributed by atoms with Gasteiger partial charge in [-0.2, -0.15) is 0 Å². The van der Waals surface area contributed by atoms with Gasteiger partial charge in [0.05, 0.1) is 11.2 Å². The van der Waals surface area contributed by atoms with E-state index in [2.05, 4.69) is 63.9 Å². The molecule has 0 aliphatic carbocycles. The van der Waals surface area contributed by atoms with Crippen molar-refractivity contribution in [2.75, 3.05) is 13.6 Å². The van der Waals surface area contributed by atoms with Crippen molar-refractivity contribution < 1.29 is 9.31 Å². The van der Waals surface area contributed by atoms with Gasteiger partial charge in [-0.3, -0.25) is 4.90 Å². The lowest BCUT2D eigenvalue weighted by Crippen LogP contribution is -2.41. The summed E-state index contributed by atoms with van der Waals surface area (Å²) in [6.07, 6.45) is 3.90. The van der Waals surface area contributed by atoms with E-state index in [1.165, 1.54) is 31.4 Å². The van der Waals surface area contributed by atoms with Crippen LogP contribution in [0.1, 0.15) is 58.6 Å². The summed E-state index contributed by atoms with van der Waals surface area (Å²) in [6, 6.07) is 9.38. The molecule has 22 heavy (non-hydrogen) atoms. The molecule has 0 N–H and O–H groups in total. The molecular formula is C18H28BNO2. The Morgan fingerprint density at radius 2 is 1.59 bits per heavy atom. The van der Waals surface area contributed by atoms with Crippen molar-refractivity contribution in [1.29, 1.82) is 0 Å². The summed E-state index contributed by atoms with van der Waals surface area (Å²) < 4.78 is 12.2. The minimum atomic E-state index is -0.278. The van der Waals surface area contributed by atoms with Crippen molar-refractivity contribution in [3.8, 4) is 0 Å². The summed E-state index contributed by atoms with van der Waals surface area (Å²) in [7, 11) is 1.97. The van der Waals surface area contributed by atoms with Crippen LogP contribution in [0.15, 0.2) is 24.3 Å². The smallest absolute Gasteiger partial charge is 0.399 e. The van der Waals surface area contributed by atoms with Gasteiger partial charge in [0.25, 0.3) is 0 Å². The van der Waals surface area contributed by atoms with Gasteiger partial charge in [-0.05, 0) is 65.2 Å². The van der Waals surface area contributed by atoms with Crippen molar-refractivity contribution in [1.82, 2.24) is 4.90 Å². The van der Waals surface area contributed by atoms with E-state index < -0.39 is 0 Å². The van der Waals surface area contributed by atoms with Crippen molar-refractivity contribution in [3.63, 3.8) is 0 Å². The molecule has 1 aromatic rings. The van der Waals surface area contributed by atoms with Crippen LogP contribution >= 0.6 is 0 Å². The van der Waals surface area contributed by atoms with Crippen LogP contribution in [-0.2, 0) is 9.31 Å². The predicted octanol–water partition coefficient (Wildman–Crippen LogP) is 3.14. The molecule has 0 spiro atoms. The Kier molecular flexibility index (Phi) is 4.13. The molecule has 3 nitrogen and oxygen atoms in total. The first-order chi connectivity index (χ1) is 10.3. The first-order valence-electron chi connectivity index (χ1n) is 8.46. The van der Waals surface area contributed by atoms with Crippen molar-refractivity contribution in [3.05, 3.63) is 29.8 Å². The van der Waals surface area contributed by atoms with Crippen LogP contribution in [-0.4, -0.2) is 36.8 Å². The Labute approximate surface area is 135 Å². The lowest BCUT2D eigenvalue weighted by atomic mass is 9.78. The van der Waals surface area contributed by atoms with Gasteiger partial charge < -0.3 is 9.31 Å². The third kappa shape index (κ3) is 2.84. The molecule has 0 aromatic heterocycles. The normalized spacial score (nSPS) is 28.0. The maximum absolute atomic E-state index is 6.12. The molecular weight excluding hydrogens is 273 g/mol. The fraction of sp³-hybridized carbons (Fsp3) is 0.667. The molecule has 0 saturated carbocycles. The fourth-order valence-electron chi connectivity index (χ4n) is 3.35. The highest BCUT2D eigenvalue weighted by molar-refractivity contribution is 6.62. The lowest BCUT2D eigenvalue weighted by molar-refractivity contribution is 0.00578. The number of rotatable bonds is 2. The predicted molar refractivity (Wildman–Crippen MR) is 91.4 cm³/mol. The van der Waals surface area contributed by atoms with E-state index in [0.29, 0.717) is 6.04 Å². The molecule has 1 aromatic carbocycles. The highest BCUT2D eigenvalue weighted by Crippen LogP contribution is 2.36. The molecule has 3 rings (SSSR count). The van der Waals surface area contributed by atoms with Gasteiger partial charge in [-0.1, -0.05) is 30.7 Å². The molecule has 120 valence electrons. The Morgan fingerprint density at radius 1 is 1.00 bits per heavy atom. The van der Waals surface area contributed by atoms with Crippen LogP contribution in [0, 0.1) is 0 Å².